The zero-order valence-electron chi connectivity index (χ0n) is 11.4. The highest BCUT2D eigenvalue weighted by atomic mass is 16.1. The fourth-order valence-electron chi connectivity index (χ4n) is 2.58. The number of nitrogens with two attached hydrogens (primary N) is 1. The van der Waals surface area contributed by atoms with Crippen LogP contribution in [0.2, 0.25) is 0 Å². The van der Waals surface area contributed by atoms with Gasteiger partial charge in [0, 0.05) is 44.5 Å². The first-order valence-corrected chi connectivity index (χ1v) is 6.88. The lowest BCUT2D eigenvalue weighted by Gasteiger charge is -2.34. The number of hydrogen-bond acceptors (Lipinski definition) is 4. The Morgan fingerprint density at radius 1 is 1.42 bits per heavy atom. The number of rotatable bonds is 4. The second-order valence-corrected chi connectivity index (χ2v) is 4.93. The van der Waals surface area contributed by atoms with E-state index >= 15 is 0 Å². The third-order valence-electron chi connectivity index (χ3n) is 3.67. The summed E-state index contributed by atoms with van der Waals surface area (Å²) >= 11 is 0. The Labute approximate surface area is 114 Å². The van der Waals surface area contributed by atoms with Crippen molar-refractivity contribution in [2.45, 2.75) is 31.8 Å². The van der Waals surface area contributed by atoms with Crippen LogP contribution >= 0.6 is 0 Å². The molecule has 5 nitrogen and oxygen atoms in total. The van der Waals surface area contributed by atoms with Crippen molar-refractivity contribution in [3.8, 4) is 0 Å². The second kappa shape index (κ2) is 6.63. The van der Waals surface area contributed by atoms with Gasteiger partial charge in [-0.2, -0.15) is 0 Å². The van der Waals surface area contributed by atoms with Gasteiger partial charge in [0.15, 0.2) is 0 Å². The Morgan fingerprint density at radius 3 is 2.84 bits per heavy atom. The van der Waals surface area contributed by atoms with Crippen LogP contribution in [0.25, 0.3) is 0 Å². The predicted octanol–water partition coefficient (Wildman–Crippen LogP) is 0.682. The van der Waals surface area contributed by atoms with Gasteiger partial charge < -0.3 is 11.1 Å². The summed E-state index contributed by atoms with van der Waals surface area (Å²) < 4.78 is 0. The van der Waals surface area contributed by atoms with Gasteiger partial charge in [0.05, 0.1) is 6.04 Å². The quantitative estimate of drug-likeness (QED) is 0.837. The van der Waals surface area contributed by atoms with E-state index in [1.54, 1.807) is 12.4 Å². The van der Waals surface area contributed by atoms with Crippen LogP contribution in [0.4, 0.5) is 0 Å². The van der Waals surface area contributed by atoms with E-state index in [4.69, 9.17) is 5.73 Å². The molecule has 5 heteroatoms. The number of nitrogens with zero attached hydrogens (tertiary/aromatic N) is 2. The molecule has 1 fully saturated rings. The number of carbonyl (C=O) groups excluding carboxylic acids is 1. The third kappa shape index (κ3) is 3.52. The molecule has 1 saturated heterocycles. The van der Waals surface area contributed by atoms with E-state index in [0.29, 0.717) is 13.0 Å². The minimum atomic E-state index is 0.0654. The molecule has 2 heterocycles. The maximum atomic E-state index is 11.4. The fourth-order valence-corrected chi connectivity index (χ4v) is 2.58. The van der Waals surface area contributed by atoms with Gasteiger partial charge in [0.1, 0.15) is 0 Å². The first-order valence-electron chi connectivity index (χ1n) is 6.88. The van der Waals surface area contributed by atoms with Gasteiger partial charge in [0.25, 0.3) is 0 Å². The van der Waals surface area contributed by atoms with Crippen molar-refractivity contribution in [3.05, 3.63) is 30.1 Å². The van der Waals surface area contributed by atoms with Gasteiger partial charge in [-0.3, -0.25) is 14.7 Å². The van der Waals surface area contributed by atoms with Crippen LogP contribution in [0, 0.1) is 0 Å². The zero-order chi connectivity index (χ0) is 13.7. The Bertz CT molecular complexity index is 409. The van der Waals surface area contributed by atoms with E-state index in [2.05, 4.69) is 22.1 Å². The highest BCUT2D eigenvalue weighted by Gasteiger charge is 2.27. The minimum absolute atomic E-state index is 0.0654. The van der Waals surface area contributed by atoms with Crippen LogP contribution in [0.15, 0.2) is 24.5 Å². The van der Waals surface area contributed by atoms with Crippen LogP contribution in [0.1, 0.15) is 31.4 Å². The molecule has 2 unspecified atom stereocenters. The largest absolute Gasteiger partial charge is 0.355 e. The molecule has 0 spiro atoms. The Morgan fingerprint density at radius 2 is 2.16 bits per heavy atom. The Balaban J connectivity index is 2.20. The van der Waals surface area contributed by atoms with Gasteiger partial charge in [-0.05, 0) is 24.1 Å². The summed E-state index contributed by atoms with van der Waals surface area (Å²) in [7, 11) is 0. The van der Waals surface area contributed by atoms with Crippen molar-refractivity contribution in [1.82, 2.24) is 15.2 Å². The molecule has 2 atom stereocenters. The van der Waals surface area contributed by atoms with E-state index < -0.39 is 0 Å². The average Bonchev–Trinajstić information content (AvgIpc) is 2.65. The van der Waals surface area contributed by atoms with Crippen LogP contribution in [-0.4, -0.2) is 41.5 Å². The Hall–Kier alpha value is -1.46. The van der Waals surface area contributed by atoms with Crippen molar-refractivity contribution in [2.24, 2.45) is 5.73 Å². The van der Waals surface area contributed by atoms with Crippen LogP contribution in [0.3, 0.4) is 0 Å². The number of carbonyl (C=O) groups is 1. The maximum absolute atomic E-state index is 11.4. The van der Waals surface area contributed by atoms with Crippen molar-refractivity contribution in [1.29, 1.82) is 0 Å². The Kier molecular flexibility index (Phi) is 4.87. The summed E-state index contributed by atoms with van der Waals surface area (Å²) in [5, 5.41) is 2.90. The van der Waals surface area contributed by atoms with E-state index in [1.165, 1.54) is 5.56 Å². The van der Waals surface area contributed by atoms with Gasteiger partial charge in [-0.25, -0.2) is 0 Å². The number of amides is 1. The topological polar surface area (TPSA) is 71.2 Å². The van der Waals surface area contributed by atoms with E-state index in [-0.39, 0.29) is 18.0 Å². The highest BCUT2D eigenvalue weighted by Crippen LogP contribution is 2.25. The summed E-state index contributed by atoms with van der Waals surface area (Å²) in [6.07, 6.45) is 5.04. The molecule has 0 aliphatic carbocycles. The molecule has 1 amide bonds. The molecule has 3 N–H and O–H groups in total. The lowest BCUT2D eigenvalue weighted by atomic mass is 9.97. The van der Waals surface area contributed by atoms with Gasteiger partial charge >= 0.3 is 0 Å². The highest BCUT2D eigenvalue weighted by molar-refractivity contribution is 5.76. The van der Waals surface area contributed by atoms with Crippen molar-refractivity contribution in [3.63, 3.8) is 0 Å². The fraction of sp³-hybridized carbons (Fsp3) is 0.571. The first-order chi connectivity index (χ1) is 9.22. The molecular formula is C14H22N4O. The lowest BCUT2D eigenvalue weighted by molar-refractivity contribution is -0.120. The molecule has 1 aliphatic heterocycles. The predicted molar refractivity (Wildman–Crippen MR) is 74.4 cm³/mol. The molecule has 1 aliphatic rings. The van der Waals surface area contributed by atoms with Gasteiger partial charge in [0.2, 0.25) is 5.91 Å². The molecular weight excluding hydrogens is 240 g/mol. The number of pyridine rings is 1. The molecule has 1 aromatic heterocycles. The molecule has 0 saturated carbocycles. The summed E-state index contributed by atoms with van der Waals surface area (Å²) in [5.74, 6) is 0.126. The molecule has 2 rings (SSSR count). The number of aromatic nitrogens is 1. The third-order valence-corrected chi connectivity index (χ3v) is 3.67. The monoisotopic (exact) mass is 262 g/mol. The average molecular weight is 262 g/mol. The molecule has 1 aromatic rings. The lowest BCUT2D eigenvalue weighted by Crippen LogP contribution is -2.42. The summed E-state index contributed by atoms with van der Waals surface area (Å²) in [6.45, 7) is 4.38. The van der Waals surface area contributed by atoms with E-state index in [0.717, 1.165) is 19.5 Å². The molecule has 0 bridgehead atoms. The summed E-state index contributed by atoms with van der Waals surface area (Å²) in [4.78, 5) is 17.8. The molecule has 19 heavy (non-hydrogen) atoms. The zero-order valence-corrected chi connectivity index (χ0v) is 11.4. The number of nitrogens with one attached hydrogen (secondary N) is 1. The van der Waals surface area contributed by atoms with E-state index in [9.17, 15) is 4.79 Å². The summed E-state index contributed by atoms with van der Waals surface area (Å²) in [6, 6.07) is 4.25. The van der Waals surface area contributed by atoms with Crippen molar-refractivity contribution >= 4 is 5.91 Å². The summed E-state index contributed by atoms with van der Waals surface area (Å²) in [5.41, 5.74) is 7.48. The molecule has 0 radical (unpaired) electrons. The second-order valence-electron chi connectivity index (χ2n) is 4.93. The SMILES string of the molecule is CCC(N)C(c1ccncc1)N1CCNC(=O)CC1. The van der Waals surface area contributed by atoms with Crippen LogP contribution in [-0.2, 0) is 4.79 Å². The number of hydrogen-bond donors (Lipinski definition) is 2. The van der Waals surface area contributed by atoms with Crippen molar-refractivity contribution in [2.75, 3.05) is 19.6 Å². The van der Waals surface area contributed by atoms with Crippen molar-refractivity contribution < 1.29 is 4.79 Å². The molecule has 104 valence electrons. The van der Waals surface area contributed by atoms with Crippen LogP contribution in [0.5, 0.6) is 0 Å². The first kappa shape index (κ1) is 14.0. The molecule has 0 aromatic carbocycles. The van der Waals surface area contributed by atoms with Gasteiger partial charge in [-0.1, -0.05) is 6.92 Å². The maximum Gasteiger partial charge on any atom is 0.221 e. The minimum Gasteiger partial charge on any atom is -0.355 e. The standard InChI is InChI=1S/C14H22N4O/c1-2-12(15)14(11-3-6-16-7-4-11)18-9-5-13(19)17-8-10-18/h3-4,6-7,12,14H,2,5,8-10,15H2,1H3,(H,17,19). The normalized spacial score (nSPS) is 20.4. The smallest absolute Gasteiger partial charge is 0.221 e. The van der Waals surface area contributed by atoms with E-state index in [1.807, 2.05) is 12.1 Å². The van der Waals surface area contributed by atoms with Gasteiger partial charge in [-0.15, -0.1) is 0 Å². The van der Waals surface area contributed by atoms with Crippen LogP contribution < -0.4 is 11.1 Å².